The van der Waals surface area contributed by atoms with Crippen LogP contribution in [0.1, 0.15) is 80.3 Å². The number of carboxylic acid groups (broad SMARTS) is 1. The van der Waals surface area contributed by atoms with Crippen molar-refractivity contribution in [2.24, 2.45) is 0 Å². The van der Waals surface area contributed by atoms with E-state index in [1.807, 2.05) is 26.8 Å². The molecule has 4 nitrogen and oxygen atoms in total. The summed E-state index contributed by atoms with van der Waals surface area (Å²) in [5.74, 6) is 4.67. The minimum absolute atomic E-state index is 0.0588. The Labute approximate surface area is 166 Å². The van der Waals surface area contributed by atoms with E-state index >= 15 is 0 Å². The number of carbonyl (C=O) groups is 1. The first-order valence-electron chi connectivity index (χ1n) is 9.21. The number of aromatic carboxylic acids is 1. The molecule has 0 heterocycles. The van der Waals surface area contributed by atoms with Crippen LogP contribution in [0.25, 0.3) is 0 Å². The van der Waals surface area contributed by atoms with Crippen molar-refractivity contribution in [2.75, 3.05) is 0 Å². The van der Waals surface area contributed by atoms with Crippen LogP contribution < -0.4 is 0 Å². The lowest BCUT2D eigenvalue weighted by molar-refractivity contribution is 0.0697. The third-order valence-corrected chi connectivity index (χ3v) is 4.59. The zero-order chi connectivity index (χ0) is 21.3. The maximum atomic E-state index is 10.9. The van der Waals surface area contributed by atoms with Gasteiger partial charge < -0.3 is 15.3 Å². The Hall–Kier alpha value is -2.77. The van der Waals surface area contributed by atoms with Crippen molar-refractivity contribution >= 4 is 5.97 Å². The molecule has 28 heavy (non-hydrogen) atoms. The Bertz CT molecular complexity index is 930. The molecule has 2 aromatic carbocycles. The predicted octanol–water partition coefficient (Wildman–Crippen LogP) is 4.77. The number of phenols is 1. The first kappa shape index (κ1) is 21.5. The molecular weight excluding hydrogens is 352 g/mol. The van der Waals surface area contributed by atoms with Gasteiger partial charge in [-0.3, -0.25) is 0 Å². The number of aromatic hydroxyl groups is 1. The Kier molecular flexibility index (Phi) is 5.91. The molecular formula is C24H28O4. The smallest absolute Gasteiger partial charge is 0.335 e. The standard InChI is InChI=1S/C24H28O4/c1-23(2,3)17-13-18(21(26)19(14-17)24(4,5)6)20(25)12-9-15-7-10-16(11-8-15)22(27)28/h7-8,10-11,13-14,20,25-26H,1-6H3,(H,27,28). The number of phenolic OH excluding ortho intramolecular Hbond substituents is 1. The number of aliphatic hydroxyl groups is 1. The van der Waals surface area contributed by atoms with Crippen molar-refractivity contribution in [1.82, 2.24) is 0 Å². The van der Waals surface area contributed by atoms with Gasteiger partial charge in [0.2, 0.25) is 0 Å². The van der Waals surface area contributed by atoms with E-state index in [2.05, 4.69) is 32.6 Å². The summed E-state index contributed by atoms with van der Waals surface area (Å²) in [6.45, 7) is 12.3. The number of hydrogen-bond acceptors (Lipinski definition) is 3. The van der Waals surface area contributed by atoms with Gasteiger partial charge in [0.25, 0.3) is 0 Å². The minimum atomic E-state index is -1.16. The molecule has 3 N–H and O–H groups in total. The average molecular weight is 380 g/mol. The lowest BCUT2D eigenvalue weighted by Gasteiger charge is -2.28. The van der Waals surface area contributed by atoms with Crippen LogP contribution >= 0.6 is 0 Å². The zero-order valence-electron chi connectivity index (χ0n) is 17.3. The number of hydrogen-bond donors (Lipinski definition) is 3. The molecule has 0 saturated heterocycles. The summed E-state index contributed by atoms with van der Waals surface area (Å²) in [7, 11) is 0. The van der Waals surface area contributed by atoms with E-state index < -0.39 is 12.1 Å². The molecule has 0 aromatic heterocycles. The number of aliphatic hydroxyl groups excluding tert-OH is 1. The van der Waals surface area contributed by atoms with Crippen molar-refractivity contribution in [1.29, 1.82) is 0 Å². The van der Waals surface area contributed by atoms with Crippen LogP contribution in [0.3, 0.4) is 0 Å². The quantitative estimate of drug-likeness (QED) is 0.656. The highest BCUT2D eigenvalue weighted by Crippen LogP contribution is 2.39. The van der Waals surface area contributed by atoms with E-state index in [1.165, 1.54) is 12.1 Å². The maximum Gasteiger partial charge on any atom is 0.335 e. The second kappa shape index (κ2) is 7.69. The largest absolute Gasteiger partial charge is 0.507 e. The second-order valence-corrected chi connectivity index (χ2v) is 9.02. The highest BCUT2D eigenvalue weighted by molar-refractivity contribution is 5.87. The van der Waals surface area contributed by atoms with E-state index in [-0.39, 0.29) is 22.1 Å². The van der Waals surface area contributed by atoms with Gasteiger partial charge in [-0.2, -0.15) is 0 Å². The lowest BCUT2D eigenvalue weighted by atomic mass is 9.78. The average Bonchev–Trinajstić information content (AvgIpc) is 2.58. The molecule has 0 fully saturated rings. The van der Waals surface area contributed by atoms with Crippen molar-refractivity contribution in [2.45, 2.75) is 58.5 Å². The summed E-state index contributed by atoms with van der Waals surface area (Å²) in [4.78, 5) is 10.9. The summed E-state index contributed by atoms with van der Waals surface area (Å²) < 4.78 is 0. The van der Waals surface area contributed by atoms with E-state index in [9.17, 15) is 15.0 Å². The highest BCUT2D eigenvalue weighted by atomic mass is 16.4. The van der Waals surface area contributed by atoms with E-state index in [1.54, 1.807) is 18.2 Å². The summed E-state index contributed by atoms with van der Waals surface area (Å²) in [5, 5.41) is 30.4. The zero-order valence-corrected chi connectivity index (χ0v) is 17.3. The second-order valence-electron chi connectivity index (χ2n) is 9.02. The molecule has 0 spiro atoms. The van der Waals surface area contributed by atoms with Crippen LogP contribution in [0.5, 0.6) is 5.75 Å². The third kappa shape index (κ3) is 4.94. The van der Waals surface area contributed by atoms with Gasteiger partial charge in [0, 0.05) is 11.1 Å². The van der Waals surface area contributed by atoms with Crippen LogP contribution in [0.4, 0.5) is 0 Å². The molecule has 0 aliphatic carbocycles. The third-order valence-electron chi connectivity index (χ3n) is 4.59. The SMILES string of the molecule is CC(C)(C)c1cc(C(O)C#Cc2ccc(C(=O)O)cc2)c(O)c(C(C)(C)C)c1. The van der Waals surface area contributed by atoms with E-state index in [0.717, 1.165) is 11.1 Å². The van der Waals surface area contributed by atoms with Crippen LogP contribution in [0, 0.1) is 11.8 Å². The normalized spacial score (nSPS) is 12.8. The Morgan fingerprint density at radius 3 is 2.00 bits per heavy atom. The molecule has 0 radical (unpaired) electrons. The molecule has 1 unspecified atom stereocenters. The van der Waals surface area contributed by atoms with E-state index in [0.29, 0.717) is 11.1 Å². The molecule has 1 atom stereocenters. The van der Waals surface area contributed by atoms with Gasteiger partial charge in [-0.15, -0.1) is 0 Å². The van der Waals surface area contributed by atoms with E-state index in [4.69, 9.17) is 5.11 Å². The molecule has 0 aliphatic heterocycles. The van der Waals surface area contributed by atoms with Gasteiger partial charge in [-0.05, 0) is 52.3 Å². The molecule has 4 heteroatoms. The topological polar surface area (TPSA) is 77.8 Å². The predicted molar refractivity (Wildman–Crippen MR) is 111 cm³/mol. The molecule has 0 saturated carbocycles. The Morgan fingerprint density at radius 1 is 0.964 bits per heavy atom. The maximum absolute atomic E-state index is 10.9. The summed E-state index contributed by atoms with van der Waals surface area (Å²) >= 11 is 0. The fourth-order valence-electron chi connectivity index (χ4n) is 2.80. The lowest BCUT2D eigenvalue weighted by Crippen LogP contribution is -2.18. The van der Waals surface area contributed by atoms with Crippen molar-refractivity contribution in [3.8, 4) is 17.6 Å². The van der Waals surface area contributed by atoms with Crippen LogP contribution in [0.2, 0.25) is 0 Å². The van der Waals surface area contributed by atoms with Gasteiger partial charge >= 0.3 is 5.97 Å². The summed E-state index contributed by atoms with van der Waals surface area (Å²) in [5.41, 5.74) is 2.48. The molecule has 0 amide bonds. The van der Waals surface area contributed by atoms with Crippen molar-refractivity contribution < 1.29 is 20.1 Å². The number of benzene rings is 2. The monoisotopic (exact) mass is 380 g/mol. The molecule has 0 aliphatic rings. The fourth-order valence-corrected chi connectivity index (χ4v) is 2.80. The summed E-state index contributed by atoms with van der Waals surface area (Å²) in [6, 6.07) is 9.91. The highest BCUT2D eigenvalue weighted by Gasteiger charge is 2.26. The van der Waals surface area contributed by atoms with Crippen molar-refractivity contribution in [3.05, 3.63) is 64.2 Å². The van der Waals surface area contributed by atoms with Gasteiger partial charge in [0.1, 0.15) is 11.9 Å². The molecule has 2 rings (SSSR count). The van der Waals surface area contributed by atoms with Crippen molar-refractivity contribution in [3.63, 3.8) is 0 Å². The summed E-state index contributed by atoms with van der Waals surface area (Å²) in [6.07, 6.45) is -1.16. The Morgan fingerprint density at radius 2 is 1.54 bits per heavy atom. The van der Waals surface area contributed by atoms with Gasteiger partial charge in [0.05, 0.1) is 5.56 Å². The van der Waals surface area contributed by atoms with Gasteiger partial charge in [0.15, 0.2) is 0 Å². The number of carboxylic acids is 1. The first-order valence-corrected chi connectivity index (χ1v) is 9.21. The molecule has 148 valence electrons. The molecule has 2 aromatic rings. The van der Waals surface area contributed by atoms with Gasteiger partial charge in [-0.1, -0.05) is 59.4 Å². The minimum Gasteiger partial charge on any atom is -0.507 e. The number of rotatable bonds is 2. The fraction of sp³-hybridized carbons (Fsp3) is 0.375. The van der Waals surface area contributed by atoms with Crippen LogP contribution in [-0.4, -0.2) is 21.3 Å². The van der Waals surface area contributed by atoms with Gasteiger partial charge in [-0.25, -0.2) is 4.79 Å². The molecule has 0 bridgehead atoms. The first-order chi connectivity index (χ1) is 12.8. The van der Waals surface area contributed by atoms with Crippen LogP contribution in [0.15, 0.2) is 36.4 Å². The van der Waals surface area contributed by atoms with Crippen LogP contribution in [-0.2, 0) is 10.8 Å². The Balaban J connectivity index is 2.48.